The molecule has 0 aliphatic carbocycles. The summed E-state index contributed by atoms with van der Waals surface area (Å²) < 4.78 is 23.6. The Balaban J connectivity index is 2.65. The van der Waals surface area contributed by atoms with E-state index in [0.29, 0.717) is 17.6 Å². The molecule has 1 aromatic carbocycles. The molecule has 1 heterocycles. The zero-order valence-electron chi connectivity index (χ0n) is 19.9. The Kier molecular flexibility index (Phi) is 8.06. The third kappa shape index (κ3) is 5.01. The van der Waals surface area contributed by atoms with Crippen molar-refractivity contribution in [3.63, 3.8) is 0 Å². The number of hydrogen-bond donors (Lipinski definition) is 0. The van der Waals surface area contributed by atoms with Gasteiger partial charge in [0, 0.05) is 18.6 Å². The van der Waals surface area contributed by atoms with Gasteiger partial charge in [-0.2, -0.15) is 0 Å². The fourth-order valence-electron chi connectivity index (χ4n) is 3.84. The van der Waals surface area contributed by atoms with E-state index in [1.54, 1.807) is 31.4 Å². The van der Waals surface area contributed by atoms with Crippen LogP contribution in [0.1, 0.15) is 58.3 Å². The maximum Gasteiger partial charge on any atom is 0.338 e. The van der Waals surface area contributed by atoms with Crippen molar-refractivity contribution in [2.75, 3.05) is 14.2 Å². The Morgan fingerprint density at radius 2 is 1.74 bits per heavy atom. The first-order valence-electron chi connectivity index (χ1n) is 10.8. The van der Waals surface area contributed by atoms with Gasteiger partial charge in [0.05, 0.1) is 18.8 Å². The number of methoxy groups -OCH3 is 2. The summed E-state index contributed by atoms with van der Waals surface area (Å²) in [7, 11) is 2.89. The molecule has 6 heteroatoms. The second-order valence-electron chi connectivity index (χ2n) is 9.25. The van der Waals surface area contributed by atoms with Gasteiger partial charge in [0.1, 0.15) is 0 Å². The van der Waals surface area contributed by atoms with Crippen LogP contribution >= 0.6 is 0 Å². The van der Waals surface area contributed by atoms with E-state index < -0.39 is 29.2 Å². The third-order valence-electron chi connectivity index (χ3n) is 6.57. The van der Waals surface area contributed by atoms with E-state index in [-0.39, 0.29) is 17.9 Å². The van der Waals surface area contributed by atoms with Gasteiger partial charge in [0.25, 0.3) is 0 Å². The molecule has 1 fully saturated rings. The van der Waals surface area contributed by atoms with Crippen molar-refractivity contribution in [1.82, 2.24) is 0 Å². The van der Waals surface area contributed by atoms with Crippen molar-refractivity contribution in [2.24, 2.45) is 17.3 Å². The molecule has 0 N–H and O–H groups in total. The topological polar surface area (TPSA) is 71.1 Å². The van der Waals surface area contributed by atoms with Crippen LogP contribution in [-0.4, -0.2) is 44.2 Å². The molecule has 3 unspecified atom stereocenters. The molecule has 1 aliphatic rings. The van der Waals surface area contributed by atoms with Crippen LogP contribution in [0.4, 0.5) is 0 Å². The number of benzene rings is 1. The van der Waals surface area contributed by atoms with Gasteiger partial charge in [-0.1, -0.05) is 59.7 Å². The number of carbonyl (C=O) groups is 2. The quantitative estimate of drug-likeness (QED) is 0.456. The fraction of sp³-hybridized carbons (Fsp3) is 0.600. The third-order valence-corrected chi connectivity index (χ3v) is 6.57. The Morgan fingerprint density at radius 1 is 1.13 bits per heavy atom. The lowest BCUT2D eigenvalue weighted by atomic mass is 9.68. The molecule has 2 rings (SSSR count). The molecule has 1 aromatic rings. The second kappa shape index (κ2) is 9.96. The van der Waals surface area contributed by atoms with Gasteiger partial charge in [-0.25, -0.2) is 9.59 Å². The summed E-state index contributed by atoms with van der Waals surface area (Å²) in [5.74, 6) is -2.03. The van der Waals surface area contributed by atoms with Crippen LogP contribution in [0.5, 0.6) is 0 Å². The van der Waals surface area contributed by atoms with Crippen molar-refractivity contribution in [3.05, 3.63) is 47.5 Å². The monoisotopic (exact) mass is 432 g/mol. The van der Waals surface area contributed by atoms with E-state index in [4.69, 9.17) is 18.9 Å². The van der Waals surface area contributed by atoms with Crippen LogP contribution in [0.25, 0.3) is 0 Å². The van der Waals surface area contributed by atoms with Gasteiger partial charge in [0.15, 0.2) is 6.10 Å². The highest BCUT2D eigenvalue weighted by Crippen LogP contribution is 2.51. The first-order valence-corrected chi connectivity index (χ1v) is 10.8. The molecule has 0 spiro atoms. The summed E-state index contributed by atoms with van der Waals surface area (Å²) in [4.78, 5) is 25.3. The van der Waals surface area contributed by atoms with Gasteiger partial charge < -0.3 is 18.9 Å². The number of ether oxygens (including phenoxy) is 4. The molecule has 6 nitrogen and oxygen atoms in total. The van der Waals surface area contributed by atoms with Crippen LogP contribution in [0.2, 0.25) is 0 Å². The molecule has 0 amide bonds. The molecule has 31 heavy (non-hydrogen) atoms. The van der Waals surface area contributed by atoms with Gasteiger partial charge in [-0.3, -0.25) is 0 Å². The van der Waals surface area contributed by atoms with Crippen LogP contribution in [-0.2, 0) is 23.7 Å². The van der Waals surface area contributed by atoms with Crippen molar-refractivity contribution >= 4 is 11.9 Å². The smallest absolute Gasteiger partial charge is 0.338 e. The van der Waals surface area contributed by atoms with Crippen molar-refractivity contribution in [2.45, 2.75) is 66.0 Å². The minimum atomic E-state index is -1.29. The molecular weight excluding hydrogens is 396 g/mol. The Morgan fingerprint density at radius 3 is 2.23 bits per heavy atom. The van der Waals surface area contributed by atoms with Crippen LogP contribution in [0, 0.1) is 17.3 Å². The normalized spacial score (nSPS) is 25.7. The standard InChI is InChI=1S/C25H36O6/c1-16(2)20-14-19(15-21(26)28-7)22(30-23(27)18-12-10-9-11-13-18)25(29-8,31-20)24(5,6)17(3)4/h9-13,15-17,20,22H,14H2,1-8H3/b19-15+. The lowest BCUT2D eigenvalue weighted by molar-refractivity contribution is -0.354. The molecule has 172 valence electrons. The molecule has 0 radical (unpaired) electrons. The van der Waals surface area contributed by atoms with Gasteiger partial charge >= 0.3 is 11.9 Å². The maximum atomic E-state index is 13.1. The van der Waals surface area contributed by atoms with E-state index in [1.807, 2.05) is 19.9 Å². The fourth-order valence-corrected chi connectivity index (χ4v) is 3.84. The number of esters is 2. The summed E-state index contributed by atoms with van der Waals surface area (Å²) in [5, 5.41) is 0. The van der Waals surface area contributed by atoms with E-state index in [1.165, 1.54) is 13.2 Å². The van der Waals surface area contributed by atoms with Crippen molar-refractivity contribution < 1.29 is 28.5 Å². The highest BCUT2D eigenvalue weighted by Gasteiger charge is 2.60. The van der Waals surface area contributed by atoms with Crippen LogP contribution in [0.3, 0.4) is 0 Å². The van der Waals surface area contributed by atoms with Crippen LogP contribution in [0.15, 0.2) is 42.0 Å². The molecule has 0 bridgehead atoms. The van der Waals surface area contributed by atoms with Crippen LogP contribution < -0.4 is 0 Å². The minimum absolute atomic E-state index is 0.121. The average Bonchev–Trinajstić information content (AvgIpc) is 2.74. The number of carbonyl (C=O) groups excluding carboxylic acids is 2. The van der Waals surface area contributed by atoms with Crippen molar-refractivity contribution in [1.29, 1.82) is 0 Å². The van der Waals surface area contributed by atoms with E-state index >= 15 is 0 Å². The van der Waals surface area contributed by atoms with E-state index in [9.17, 15) is 9.59 Å². The molecule has 0 aromatic heterocycles. The molecule has 0 saturated carbocycles. The summed E-state index contributed by atoms with van der Waals surface area (Å²) >= 11 is 0. The Labute approximate surface area is 185 Å². The highest BCUT2D eigenvalue weighted by molar-refractivity contribution is 5.90. The first-order chi connectivity index (χ1) is 14.5. The molecular formula is C25H36O6. The number of rotatable bonds is 7. The first kappa shape index (κ1) is 25.1. The Hall–Kier alpha value is -2.18. The summed E-state index contributed by atoms with van der Waals surface area (Å²) in [6.07, 6.45) is 0.696. The average molecular weight is 433 g/mol. The second-order valence-corrected chi connectivity index (χ2v) is 9.25. The summed E-state index contributed by atoms with van der Waals surface area (Å²) in [5.41, 5.74) is 0.474. The largest absolute Gasteiger partial charge is 0.466 e. The maximum absolute atomic E-state index is 13.1. The summed E-state index contributed by atoms with van der Waals surface area (Å²) in [6.45, 7) is 12.3. The molecule has 1 saturated heterocycles. The predicted octanol–water partition coefficient (Wildman–Crippen LogP) is 4.78. The minimum Gasteiger partial charge on any atom is -0.466 e. The SMILES string of the molecule is COC(=O)/C=C1\CC(C(C)C)OC(OC)(C(C)(C)C(C)C)C1OC(=O)c1ccccc1. The molecule has 3 atom stereocenters. The highest BCUT2D eigenvalue weighted by atomic mass is 16.7. The van der Waals surface area contributed by atoms with E-state index in [2.05, 4.69) is 27.7 Å². The zero-order valence-corrected chi connectivity index (χ0v) is 19.9. The van der Waals surface area contributed by atoms with Gasteiger partial charge in [-0.05, 0) is 36.0 Å². The summed E-state index contributed by atoms with van der Waals surface area (Å²) in [6, 6.07) is 8.76. The Bertz CT molecular complexity index is 795. The molecule has 1 aliphatic heterocycles. The van der Waals surface area contributed by atoms with Crippen molar-refractivity contribution in [3.8, 4) is 0 Å². The zero-order chi connectivity index (χ0) is 23.4. The van der Waals surface area contributed by atoms with Gasteiger partial charge in [0.2, 0.25) is 5.79 Å². The number of hydrogen-bond acceptors (Lipinski definition) is 6. The lowest BCUT2D eigenvalue weighted by Crippen LogP contribution is -2.65. The van der Waals surface area contributed by atoms with E-state index in [0.717, 1.165) is 0 Å². The lowest BCUT2D eigenvalue weighted by Gasteiger charge is -2.55. The van der Waals surface area contributed by atoms with Gasteiger partial charge in [-0.15, -0.1) is 0 Å². The predicted molar refractivity (Wildman–Crippen MR) is 118 cm³/mol.